The second-order valence-corrected chi connectivity index (χ2v) is 3.68. The summed E-state index contributed by atoms with van der Waals surface area (Å²) in [6.45, 7) is 3.63. The number of rotatable bonds is 4. The second-order valence-electron chi connectivity index (χ2n) is 3.68. The number of hydrogen-bond donors (Lipinski definition) is 1. The molecule has 1 rings (SSSR count). The minimum atomic E-state index is -1.03. The number of hydrogen-bond acceptors (Lipinski definition) is 4. The van der Waals surface area contributed by atoms with Gasteiger partial charge in [-0.3, -0.25) is 0 Å². The first-order valence-corrected chi connectivity index (χ1v) is 4.92. The van der Waals surface area contributed by atoms with Crippen LogP contribution in [0.4, 0.5) is 0 Å². The van der Waals surface area contributed by atoms with E-state index in [2.05, 4.69) is 4.74 Å². The Labute approximate surface area is 88.8 Å². The highest BCUT2D eigenvalue weighted by atomic mass is 16.5. The van der Waals surface area contributed by atoms with Crippen molar-refractivity contribution in [2.24, 2.45) is 0 Å². The molecule has 84 valence electrons. The van der Waals surface area contributed by atoms with Crippen molar-refractivity contribution in [1.82, 2.24) is 0 Å². The lowest BCUT2D eigenvalue weighted by atomic mass is 9.98. The maximum Gasteiger partial charge on any atom is 0.373 e. The smallest absolute Gasteiger partial charge is 0.373 e. The number of methoxy groups -OCH3 is 1. The lowest BCUT2D eigenvalue weighted by Crippen LogP contribution is -2.19. The van der Waals surface area contributed by atoms with Crippen LogP contribution in [0.1, 0.15) is 43.0 Å². The molecule has 1 atom stereocenters. The van der Waals surface area contributed by atoms with E-state index in [9.17, 15) is 9.90 Å². The van der Waals surface area contributed by atoms with E-state index >= 15 is 0 Å². The van der Waals surface area contributed by atoms with Gasteiger partial charge in [0.2, 0.25) is 5.76 Å². The van der Waals surface area contributed by atoms with Crippen LogP contribution in [0.25, 0.3) is 0 Å². The highest BCUT2D eigenvalue weighted by Crippen LogP contribution is 2.27. The van der Waals surface area contributed by atoms with Gasteiger partial charge in [-0.25, -0.2) is 4.79 Å². The van der Waals surface area contributed by atoms with E-state index in [1.165, 1.54) is 13.2 Å². The Balaban J connectivity index is 2.88. The molecule has 0 amide bonds. The van der Waals surface area contributed by atoms with Gasteiger partial charge in [0.15, 0.2) is 0 Å². The van der Waals surface area contributed by atoms with Gasteiger partial charge in [0.1, 0.15) is 11.4 Å². The number of ether oxygens (including phenoxy) is 1. The van der Waals surface area contributed by atoms with Gasteiger partial charge >= 0.3 is 5.97 Å². The Kier molecular flexibility index (Phi) is 3.52. The number of carbonyl (C=O) groups excluding carboxylic acids is 1. The summed E-state index contributed by atoms with van der Waals surface area (Å²) in [5.74, 6) is -0.0258. The van der Waals surface area contributed by atoms with Crippen LogP contribution in [-0.4, -0.2) is 18.2 Å². The third-order valence-corrected chi connectivity index (χ3v) is 2.26. The predicted octanol–water partition coefficient (Wildman–Crippen LogP) is 2.07. The zero-order valence-corrected chi connectivity index (χ0v) is 9.24. The summed E-state index contributed by atoms with van der Waals surface area (Å²) in [6.07, 6.45) is 1.42. The highest BCUT2D eigenvalue weighted by Gasteiger charge is 2.27. The molecular weight excluding hydrogens is 196 g/mol. The Hall–Kier alpha value is -1.29. The van der Waals surface area contributed by atoms with Crippen molar-refractivity contribution < 1.29 is 19.1 Å². The molecule has 0 radical (unpaired) electrons. The maximum absolute atomic E-state index is 11.1. The van der Waals surface area contributed by atoms with Crippen LogP contribution in [0.2, 0.25) is 0 Å². The Morgan fingerprint density at radius 2 is 2.27 bits per heavy atom. The normalized spacial score (nSPS) is 14.7. The molecule has 0 saturated heterocycles. The third kappa shape index (κ3) is 2.59. The number of aliphatic hydroxyl groups is 1. The fraction of sp³-hybridized carbons (Fsp3) is 0.545. The summed E-state index contributed by atoms with van der Waals surface area (Å²) in [6, 6.07) is 3.10. The lowest BCUT2D eigenvalue weighted by Gasteiger charge is -2.19. The fourth-order valence-electron chi connectivity index (χ4n) is 1.45. The quantitative estimate of drug-likeness (QED) is 0.776. The van der Waals surface area contributed by atoms with Crippen molar-refractivity contribution in [3.8, 4) is 0 Å². The van der Waals surface area contributed by atoms with Crippen molar-refractivity contribution in [2.45, 2.75) is 32.3 Å². The van der Waals surface area contributed by atoms with E-state index < -0.39 is 11.6 Å². The molecule has 0 aliphatic heterocycles. The van der Waals surface area contributed by atoms with E-state index in [4.69, 9.17) is 4.42 Å². The summed E-state index contributed by atoms with van der Waals surface area (Å²) < 4.78 is 9.74. The monoisotopic (exact) mass is 212 g/mol. The van der Waals surface area contributed by atoms with E-state index in [-0.39, 0.29) is 5.76 Å². The summed E-state index contributed by atoms with van der Waals surface area (Å²) in [5, 5.41) is 10.0. The molecule has 1 N–H and O–H groups in total. The van der Waals surface area contributed by atoms with Gasteiger partial charge in [-0.15, -0.1) is 0 Å². The molecule has 0 fully saturated rings. The van der Waals surface area contributed by atoms with Crippen LogP contribution < -0.4 is 0 Å². The standard InChI is InChI=1S/C11H16O4/c1-4-7-11(2,13)9-6-5-8(15-9)10(12)14-3/h5-6,13H,4,7H2,1-3H3. The zero-order valence-electron chi connectivity index (χ0n) is 9.24. The first-order valence-electron chi connectivity index (χ1n) is 4.92. The van der Waals surface area contributed by atoms with Crippen LogP contribution in [-0.2, 0) is 10.3 Å². The molecule has 0 aromatic carbocycles. The SMILES string of the molecule is CCCC(C)(O)c1ccc(C(=O)OC)o1. The van der Waals surface area contributed by atoms with E-state index in [1.807, 2.05) is 6.92 Å². The van der Waals surface area contributed by atoms with Crippen molar-refractivity contribution in [2.75, 3.05) is 7.11 Å². The Morgan fingerprint density at radius 3 is 2.80 bits per heavy atom. The summed E-state index contributed by atoms with van der Waals surface area (Å²) in [7, 11) is 1.29. The fourth-order valence-corrected chi connectivity index (χ4v) is 1.45. The maximum atomic E-state index is 11.1. The molecule has 1 aromatic heterocycles. The predicted molar refractivity (Wildman–Crippen MR) is 54.5 cm³/mol. The van der Waals surface area contributed by atoms with Crippen LogP contribution in [0.5, 0.6) is 0 Å². The Morgan fingerprint density at radius 1 is 1.60 bits per heavy atom. The molecule has 1 unspecified atom stereocenters. The van der Waals surface area contributed by atoms with Gasteiger partial charge in [-0.05, 0) is 25.5 Å². The number of furan rings is 1. The van der Waals surface area contributed by atoms with Gasteiger partial charge in [-0.1, -0.05) is 13.3 Å². The molecule has 0 aliphatic rings. The largest absolute Gasteiger partial charge is 0.463 e. The first-order chi connectivity index (χ1) is 7.01. The van der Waals surface area contributed by atoms with E-state index in [0.29, 0.717) is 12.2 Å². The molecule has 15 heavy (non-hydrogen) atoms. The van der Waals surface area contributed by atoms with Crippen molar-refractivity contribution in [3.63, 3.8) is 0 Å². The first kappa shape index (κ1) is 11.8. The summed E-state index contributed by atoms with van der Waals surface area (Å²) in [5.41, 5.74) is -1.03. The van der Waals surface area contributed by atoms with Gasteiger partial charge in [-0.2, -0.15) is 0 Å². The Bertz CT molecular complexity index is 338. The van der Waals surface area contributed by atoms with Crippen LogP contribution in [0, 0.1) is 0 Å². The second kappa shape index (κ2) is 4.49. The van der Waals surface area contributed by atoms with Gasteiger partial charge in [0.05, 0.1) is 7.11 Å². The molecular formula is C11H16O4. The average Bonchev–Trinajstić information content (AvgIpc) is 2.66. The van der Waals surface area contributed by atoms with Crippen LogP contribution in [0.15, 0.2) is 16.5 Å². The number of esters is 1. The highest BCUT2D eigenvalue weighted by molar-refractivity contribution is 5.86. The molecule has 1 heterocycles. The number of carbonyl (C=O) groups is 1. The van der Waals surface area contributed by atoms with Gasteiger partial charge < -0.3 is 14.3 Å². The minimum Gasteiger partial charge on any atom is -0.463 e. The van der Waals surface area contributed by atoms with Crippen molar-refractivity contribution in [3.05, 3.63) is 23.7 Å². The third-order valence-electron chi connectivity index (χ3n) is 2.26. The summed E-state index contributed by atoms with van der Waals surface area (Å²) in [4.78, 5) is 11.1. The summed E-state index contributed by atoms with van der Waals surface area (Å²) >= 11 is 0. The van der Waals surface area contributed by atoms with Gasteiger partial charge in [0.25, 0.3) is 0 Å². The van der Waals surface area contributed by atoms with Crippen LogP contribution >= 0.6 is 0 Å². The topological polar surface area (TPSA) is 59.7 Å². The van der Waals surface area contributed by atoms with Crippen molar-refractivity contribution >= 4 is 5.97 Å². The minimum absolute atomic E-state index is 0.115. The van der Waals surface area contributed by atoms with Gasteiger partial charge in [0, 0.05) is 0 Å². The zero-order chi connectivity index (χ0) is 11.5. The average molecular weight is 212 g/mol. The lowest BCUT2D eigenvalue weighted by molar-refractivity contribution is 0.0218. The van der Waals surface area contributed by atoms with E-state index in [0.717, 1.165) is 6.42 Å². The molecule has 0 saturated carbocycles. The molecule has 0 spiro atoms. The van der Waals surface area contributed by atoms with Crippen LogP contribution in [0.3, 0.4) is 0 Å². The molecule has 0 bridgehead atoms. The van der Waals surface area contributed by atoms with E-state index in [1.54, 1.807) is 13.0 Å². The van der Waals surface area contributed by atoms with Crippen molar-refractivity contribution in [1.29, 1.82) is 0 Å². The molecule has 4 nitrogen and oxygen atoms in total. The molecule has 0 aliphatic carbocycles. The molecule has 1 aromatic rings. The molecule has 4 heteroatoms.